The summed E-state index contributed by atoms with van der Waals surface area (Å²) in [5, 5.41) is 0. The topological polar surface area (TPSA) is 9.23 Å². The SMILES string of the molecule is CC(C)OCCC#Cc1ccc(Br)cc1. The van der Waals surface area contributed by atoms with Gasteiger partial charge in [-0.05, 0) is 38.1 Å². The smallest absolute Gasteiger partial charge is 0.0579 e. The third-order valence-electron chi connectivity index (χ3n) is 1.76. The van der Waals surface area contributed by atoms with Crippen LogP contribution in [0, 0.1) is 11.8 Å². The van der Waals surface area contributed by atoms with E-state index in [-0.39, 0.29) is 0 Å². The van der Waals surface area contributed by atoms with Gasteiger partial charge < -0.3 is 4.74 Å². The fourth-order valence-electron chi connectivity index (χ4n) is 1.04. The van der Waals surface area contributed by atoms with Crippen LogP contribution in [0.2, 0.25) is 0 Å². The molecule has 0 bridgehead atoms. The Morgan fingerprint density at radius 2 is 1.93 bits per heavy atom. The Morgan fingerprint density at radius 3 is 2.53 bits per heavy atom. The van der Waals surface area contributed by atoms with E-state index in [4.69, 9.17) is 4.74 Å². The minimum atomic E-state index is 0.291. The zero-order valence-electron chi connectivity index (χ0n) is 9.09. The van der Waals surface area contributed by atoms with Crippen molar-refractivity contribution >= 4 is 15.9 Å². The Bertz CT molecular complexity index is 343. The summed E-state index contributed by atoms with van der Waals surface area (Å²) < 4.78 is 6.47. The molecule has 15 heavy (non-hydrogen) atoms. The van der Waals surface area contributed by atoms with Crippen LogP contribution in [0.5, 0.6) is 0 Å². The van der Waals surface area contributed by atoms with Gasteiger partial charge in [0.25, 0.3) is 0 Å². The van der Waals surface area contributed by atoms with E-state index in [1.54, 1.807) is 0 Å². The maximum atomic E-state index is 5.39. The van der Waals surface area contributed by atoms with Crippen LogP contribution in [0.15, 0.2) is 28.7 Å². The molecule has 0 aromatic heterocycles. The molecule has 0 aliphatic rings. The van der Waals surface area contributed by atoms with Gasteiger partial charge in [-0.1, -0.05) is 27.8 Å². The molecule has 0 radical (unpaired) electrons. The number of hydrogen-bond acceptors (Lipinski definition) is 1. The first-order chi connectivity index (χ1) is 7.18. The molecule has 1 nitrogen and oxygen atoms in total. The first kappa shape index (κ1) is 12.3. The largest absolute Gasteiger partial charge is 0.378 e. The minimum Gasteiger partial charge on any atom is -0.378 e. The predicted octanol–water partition coefficient (Wildman–Crippen LogP) is 3.62. The summed E-state index contributed by atoms with van der Waals surface area (Å²) in [5.41, 5.74) is 1.04. The highest BCUT2D eigenvalue weighted by Gasteiger charge is 1.90. The van der Waals surface area contributed by atoms with Crippen LogP contribution >= 0.6 is 15.9 Å². The molecule has 0 fully saturated rings. The Morgan fingerprint density at radius 1 is 1.27 bits per heavy atom. The Balaban J connectivity index is 2.35. The van der Waals surface area contributed by atoms with Crippen LogP contribution in [0.3, 0.4) is 0 Å². The molecule has 1 aromatic carbocycles. The Labute approximate surface area is 100.0 Å². The minimum absolute atomic E-state index is 0.291. The van der Waals surface area contributed by atoms with Crippen molar-refractivity contribution in [1.29, 1.82) is 0 Å². The lowest BCUT2D eigenvalue weighted by atomic mass is 10.2. The molecule has 80 valence electrons. The van der Waals surface area contributed by atoms with Crippen LogP contribution in [0.4, 0.5) is 0 Å². The van der Waals surface area contributed by atoms with Gasteiger partial charge in [0.15, 0.2) is 0 Å². The van der Waals surface area contributed by atoms with E-state index in [0.29, 0.717) is 12.7 Å². The molecule has 1 rings (SSSR count). The molecule has 2 heteroatoms. The zero-order chi connectivity index (χ0) is 11.1. The monoisotopic (exact) mass is 266 g/mol. The highest BCUT2D eigenvalue weighted by atomic mass is 79.9. The molecular weight excluding hydrogens is 252 g/mol. The molecule has 0 saturated heterocycles. The van der Waals surface area contributed by atoms with Gasteiger partial charge in [0.05, 0.1) is 12.7 Å². The molecule has 0 aliphatic carbocycles. The summed E-state index contributed by atoms with van der Waals surface area (Å²) in [6.07, 6.45) is 1.08. The third kappa shape index (κ3) is 5.61. The van der Waals surface area contributed by atoms with Crippen molar-refractivity contribution in [3.8, 4) is 11.8 Å². The Kier molecular flexibility index (Phi) is 5.45. The van der Waals surface area contributed by atoms with Gasteiger partial charge in [-0.15, -0.1) is 0 Å². The number of halogens is 1. The van der Waals surface area contributed by atoms with Crippen molar-refractivity contribution in [2.24, 2.45) is 0 Å². The highest BCUT2D eigenvalue weighted by Crippen LogP contribution is 2.09. The van der Waals surface area contributed by atoms with Crippen LogP contribution in [-0.2, 0) is 4.74 Å². The maximum absolute atomic E-state index is 5.39. The molecule has 0 unspecified atom stereocenters. The molecule has 0 saturated carbocycles. The fraction of sp³-hybridized carbons (Fsp3) is 0.385. The van der Waals surface area contributed by atoms with Crippen molar-refractivity contribution in [2.45, 2.75) is 26.4 Å². The molecule has 0 N–H and O–H groups in total. The molecule has 0 spiro atoms. The average Bonchev–Trinajstić information content (AvgIpc) is 2.20. The first-order valence-electron chi connectivity index (χ1n) is 5.04. The summed E-state index contributed by atoms with van der Waals surface area (Å²) in [4.78, 5) is 0. The highest BCUT2D eigenvalue weighted by molar-refractivity contribution is 9.10. The molecule has 0 amide bonds. The predicted molar refractivity (Wildman–Crippen MR) is 66.7 cm³/mol. The second-order valence-corrected chi connectivity index (χ2v) is 4.39. The summed E-state index contributed by atoms with van der Waals surface area (Å²) in [6.45, 7) is 4.77. The lowest BCUT2D eigenvalue weighted by Crippen LogP contribution is -2.02. The molecule has 1 aromatic rings. The van der Waals surface area contributed by atoms with Gasteiger partial charge in [0.1, 0.15) is 0 Å². The van der Waals surface area contributed by atoms with Crippen LogP contribution < -0.4 is 0 Å². The van der Waals surface area contributed by atoms with Gasteiger partial charge in [-0.2, -0.15) is 0 Å². The standard InChI is InChI=1S/C13H15BrO/c1-11(2)15-10-4-3-5-12-6-8-13(14)9-7-12/h6-9,11H,4,10H2,1-2H3. The van der Waals surface area contributed by atoms with Crippen molar-refractivity contribution < 1.29 is 4.74 Å². The van der Waals surface area contributed by atoms with Crippen LogP contribution in [-0.4, -0.2) is 12.7 Å². The second kappa shape index (κ2) is 6.66. The molecule has 0 heterocycles. The first-order valence-corrected chi connectivity index (χ1v) is 5.84. The van der Waals surface area contributed by atoms with Crippen molar-refractivity contribution in [3.05, 3.63) is 34.3 Å². The summed E-state index contributed by atoms with van der Waals surface area (Å²) in [5.74, 6) is 6.18. The van der Waals surface area contributed by atoms with E-state index in [2.05, 4.69) is 27.8 Å². The van der Waals surface area contributed by atoms with Crippen molar-refractivity contribution in [2.75, 3.05) is 6.61 Å². The van der Waals surface area contributed by atoms with Gasteiger partial charge in [-0.3, -0.25) is 0 Å². The van der Waals surface area contributed by atoms with Gasteiger partial charge in [0.2, 0.25) is 0 Å². The summed E-state index contributed by atoms with van der Waals surface area (Å²) in [6, 6.07) is 7.99. The normalized spacial score (nSPS) is 9.87. The Hall–Kier alpha value is -0.780. The quantitative estimate of drug-likeness (QED) is 0.600. The van der Waals surface area contributed by atoms with E-state index in [1.807, 2.05) is 38.1 Å². The number of ether oxygens (including phenoxy) is 1. The van der Waals surface area contributed by atoms with Crippen molar-refractivity contribution in [3.63, 3.8) is 0 Å². The van der Waals surface area contributed by atoms with E-state index < -0.39 is 0 Å². The van der Waals surface area contributed by atoms with Gasteiger partial charge in [0, 0.05) is 16.5 Å². The zero-order valence-corrected chi connectivity index (χ0v) is 10.7. The third-order valence-corrected chi connectivity index (χ3v) is 2.28. The van der Waals surface area contributed by atoms with E-state index in [9.17, 15) is 0 Å². The molecule has 0 aliphatic heterocycles. The van der Waals surface area contributed by atoms with E-state index >= 15 is 0 Å². The van der Waals surface area contributed by atoms with Crippen LogP contribution in [0.25, 0.3) is 0 Å². The summed E-state index contributed by atoms with van der Waals surface area (Å²) in [7, 11) is 0. The maximum Gasteiger partial charge on any atom is 0.0579 e. The number of benzene rings is 1. The fourth-order valence-corrected chi connectivity index (χ4v) is 1.31. The second-order valence-electron chi connectivity index (χ2n) is 3.48. The van der Waals surface area contributed by atoms with Crippen LogP contribution in [0.1, 0.15) is 25.8 Å². The number of rotatable bonds is 3. The molecule has 0 atom stereocenters. The molecular formula is C13H15BrO. The van der Waals surface area contributed by atoms with Crippen molar-refractivity contribution in [1.82, 2.24) is 0 Å². The summed E-state index contributed by atoms with van der Waals surface area (Å²) >= 11 is 3.39. The van der Waals surface area contributed by atoms with Gasteiger partial charge in [-0.25, -0.2) is 0 Å². The van der Waals surface area contributed by atoms with Gasteiger partial charge >= 0.3 is 0 Å². The van der Waals surface area contributed by atoms with E-state index in [1.165, 1.54) is 0 Å². The number of hydrogen-bond donors (Lipinski definition) is 0. The lowest BCUT2D eigenvalue weighted by molar-refractivity contribution is 0.0836. The van der Waals surface area contributed by atoms with E-state index in [0.717, 1.165) is 16.5 Å². The average molecular weight is 267 g/mol. The lowest BCUT2D eigenvalue weighted by Gasteiger charge is -2.03.